The molecule has 0 bridgehead atoms. The third-order valence-electron chi connectivity index (χ3n) is 4.32. The van der Waals surface area contributed by atoms with Gasteiger partial charge < -0.3 is 15.0 Å². The second-order valence-corrected chi connectivity index (χ2v) is 7.75. The minimum absolute atomic E-state index is 0.0928. The number of amides is 2. The van der Waals surface area contributed by atoms with Crippen LogP contribution in [0.3, 0.4) is 0 Å². The average Bonchev–Trinajstić information content (AvgIpc) is 3.24. The Labute approximate surface area is 166 Å². The van der Waals surface area contributed by atoms with Gasteiger partial charge >= 0.3 is 0 Å². The number of halogens is 1. The molecule has 144 valence electrons. The topological polar surface area (TPSA) is 84.4 Å². The van der Waals surface area contributed by atoms with Crippen molar-refractivity contribution < 1.29 is 14.3 Å². The number of aromatic nitrogens is 2. The first-order valence-electron chi connectivity index (χ1n) is 8.75. The number of anilines is 2. The van der Waals surface area contributed by atoms with E-state index in [0.717, 1.165) is 10.6 Å². The van der Waals surface area contributed by atoms with Gasteiger partial charge in [-0.05, 0) is 31.5 Å². The average molecular weight is 409 g/mol. The lowest BCUT2D eigenvalue weighted by molar-refractivity contribution is -0.122. The van der Waals surface area contributed by atoms with E-state index in [-0.39, 0.29) is 18.2 Å². The van der Waals surface area contributed by atoms with Crippen LogP contribution in [-0.2, 0) is 20.7 Å². The van der Waals surface area contributed by atoms with Crippen molar-refractivity contribution >= 4 is 45.6 Å². The van der Waals surface area contributed by atoms with Gasteiger partial charge in [-0.25, -0.2) is 0 Å². The number of hydrogen-bond donors (Lipinski definition) is 1. The van der Waals surface area contributed by atoms with E-state index in [9.17, 15) is 9.59 Å². The molecular formula is C18H21ClN4O3S. The Balaban J connectivity index is 1.59. The maximum Gasteiger partial charge on any atom is 0.231 e. The smallest absolute Gasteiger partial charge is 0.231 e. The molecule has 2 amide bonds. The largest absolute Gasteiger partial charge is 0.381 e. The standard InChI is InChI=1S/C18H21ClN4O3S/c1-3-26-7-6-15-21-22-18(27-15)20-17(25)12-8-16(24)23(10-12)13-5-4-11(2)14(19)9-13/h4-5,9,12H,3,6-8,10H2,1-2H3,(H,20,22,25)/t12-/m1/s1. The molecule has 1 aromatic carbocycles. The lowest BCUT2D eigenvalue weighted by Crippen LogP contribution is -2.28. The molecule has 2 heterocycles. The lowest BCUT2D eigenvalue weighted by atomic mass is 10.1. The number of carbonyl (C=O) groups is 2. The molecule has 1 fully saturated rings. The van der Waals surface area contributed by atoms with Gasteiger partial charge in [-0.15, -0.1) is 10.2 Å². The zero-order chi connectivity index (χ0) is 19.4. The van der Waals surface area contributed by atoms with Gasteiger partial charge in [0.25, 0.3) is 0 Å². The Hall–Kier alpha value is -2.03. The molecule has 0 unspecified atom stereocenters. The van der Waals surface area contributed by atoms with Crippen molar-refractivity contribution in [1.29, 1.82) is 0 Å². The predicted octanol–water partition coefficient (Wildman–Crippen LogP) is 3.07. The molecule has 0 radical (unpaired) electrons. The zero-order valence-corrected chi connectivity index (χ0v) is 16.8. The van der Waals surface area contributed by atoms with Crippen LogP contribution in [0.2, 0.25) is 5.02 Å². The van der Waals surface area contributed by atoms with Crippen molar-refractivity contribution in [2.24, 2.45) is 5.92 Å². The fourth-order valence-electron chi connectivity index (χ4n) is 2.80. The van der Waals surface area contributed by atoms with Crippen LogP contribution in [0, 0.1) is 12.8 Å². The third kappa shape index (κ3) is 4.82. The summed E-state index contributed by atoms with van der Waals surface area (Å²) in [6.45, 7) is 5.38. The Kier molecular flexibility index (Phi) is 6.41. The minimum atomic E-state index is -0.437. The van der Waals surface area contributed by atoms with E-state index in [1.807, 2.05) is 26.0 Å². The van der Waals surface area contributed by atoms with Crippen LogP contribution in [0.1, 0.15) is 23.9 Å². The van der Waals surface area contributed by atoms with Crippen molar-refractivity contribution in [2.75, 3.05) is 30.0 Å². The second kappa shape index (κ2) is 8.77. The second-order valence-electron chi connectivity index (χ2n) is 6.28. The number of aryl methyl sites for hydroxylation is 1. The van der Waals surface area contributed by atoms with E-state index < -0.39 is 5.92 Å². The molecule has 0 saturated carbocycles. The molecule has 3 rings (SSSR count). The highest BCUT2D eigenvalue weighted by atomic mass is 35.5. The van der Waals surface area contributed by atoms with Crippen molar-refractivity contribution in [3.8, 4) is 0 Å². The number of nitrogens with one attached hydrogen (secondary N) is 1. The SMILES string of the molecule is CCOCCc1nnc(NC(=O)[C@@H]2CC(=O)N(c3ccc(C)c(Cl)c3)C2)s1. The van der Waals surface area contributed by atoms with Gasteiger partial charge in [-0.2, -0.15) is 0 Å². The highest BCUT2D eigenvalue weighted by Gasteiger charge is 2.35. The van der Waals surface area contributed by atoms with Crippen molar-refractivity contribution in [3.05, 3.63) is 33.8 Å². The molecule has 0 spiro atoms. The van der Waals surface area contributed by atoms with Crippen LogP contribution in [0.4, 0.5) is 10.8 Å². The van der Waals surface area contributed by atoms with Gasteiger partial charge in [0, 0.05) is 36.7 Å². The van der Waals surface area contributed by atoms with Gasteiger partial charge in [0.1, 0.15) is 5.01 Å². The number of nitrogens with zero attached hydrogens (tertiary/aromatic N) is 3. The maximum atomic E-state index is 12.5. The number of benzene rings is 1. The molecule has 1 atom stereocenters. The molecule has 27 heavy (non-hydrogen) atoms. The fourth-order valence-corrected chi connectivity index (χ4v) is 3.70. The first-order chi connectivity index (χ1) is 13.0. The molecule has 1 aliphatic rings. The fraction of sp³-hybridized carbons (Fsp3) is 0.444. The quantitative estimate of drug-likeness (QED) is 0.711. The molecule has 0 aliphatic carbocycles. The summed E-state index contributed by atoms with van der Waals surface area (Å²) in [4.78, 5) is 26.5. The Morgan fingerprint density at radius 2 is 2.26 bits per heavy atom. The summed E-state index contributed by atoms with van der Waals surface area (Å²) in [7, 11) is 0. The lowest BCUT2D eigenvalue weighted by Gasteiger charge is -2.17. The van der Waals surface area contributed by atoms with Crippen molar-refractivity contribution in [1.82, 2.24) is 10.2 Å². The van der Waals surface area contributed by atoms with Crippen LogP contribution >= 0.6 is 22.9 Å². The van der Waals surface area contributed by atoms with Crippen molar-refractivity contribution in [2.45, 2.75) is 26.7 Å². The first-order valence-corrected chi connectivity index (χ1v) is 9.95. The summed E-state index contributed by atoms with van der Waals surface area (Å²) >= 11 is 7.48. The Morgan fingerprint density at radius 3 is 3.00 bits per heavy atom. The number of hydrogen-bond acceptors (Lipinski definition) is 6. The zero-order valence-electron chi connectivity index (χ0n) is 15.2. The Bertz CT molecular complexity index is 842. The van der Waals surface area contributed by atoms with Gasteiger partial charge in [-0.3, -0.25) is 9.59 Å². The van der Waals surface area contributed by atoms with Crippen LogP contribution < -0.4 is 10.2 Å². The predicted molar refractivity (Wildman–Crippen MR) is 105 cm³/mol. The third-order valence-corrected chi connectivity index (χ3v) is 5.63. The van der Waals surface area contributed by atoms with Gasteiger partial charge in [0.15, 0.2) is 0 Å². The normalized spacial score (nSPS) is 16.8. The molecule has 1 aromatic heterocycles. The van der Waals surface area contributed by atoms with E-state index in [1.165, 1.54) is 11.3 Å². The highest BCUT2D eigenvalue weighted by molar-refractivity contribution is 7.15. The Morgan fingerprint density at radius 1 is 1.44 bits per heavy atom. The van der Waals surface area contributed by atoms with E-state index in [4.69, 9.17) is 16.3 Å². The number of rotatable bonds is 7. The van der Waals surface area contributed by atoms with Crippen molar-refractivity contribution in [3.63, 3.8) is 0 Å². The molecular weight excluding hydrogens is 388 g/mol. The highest BCUT2D eigenvalue weighted by Crippen LogP contribution is 2.29. The molecule has 2 aromatic rings. The number of carbonyl (C=O) groups excluding carboxylic acids is 2. The summed E-state index contributed by atoms with van der Waals surface area (Å²) in [6, 6.07) is 5.46. The summed E-state index contributed by atoms with van der Waals surface area (Å²) in [6.07, 6.45) is 0.818. The van der Waals surface area contributed by atoms with E-state index >= 15 is 0 Å². The molecule has 1 saturated heterocycles. The number of ether oxygens (including phenoxy) is 1. The van der Waals surface area contributed by atoms with Crippen LogP contribution in [-0.4, -0.2) is 41.8 Å². The first kappa shape index (κ1) is 19.7. The monoisotopic (exact) mass is 408 g/mol. The minimum Gasteiger partial charge on any atom is -0.381 e. The summed E-state index contributed by atoms with van der Waals surface area (Å²) in [5.41, 5.74) is 1.65. The molecule has 7 nitrogen and oxygen atoms in total. The van der Waals surface area contributed by atoms with E-state index in [1.54, 1.807) is 11.0 Å². The summed E-state index contributed by atoms with van der Waals surface area (Å²) < 4.78 is 5.29. The van der Waals surface area contributed by atoms with E-state index in [2.05, 4.69) is 15.5 Å². The van der Waals surface area contributed by atoms with Gasteiger partial charge in [0.2, 0.25) is 16.9 Å². The maximum absolute atomic E-state index is 12.5. The molecule has 1 N–H and O–H groups in total. The van der Waals surface area contributed by atoms with E-state index in [0.29, 0.717) is 42.0 Å². The summed E-state index contributed by atoms with van der Waals surface area (Å²) in [5, 5.41) is 12.6. The molecule has 9 heteroatoms. The van der Waals surface area contributed by atoms with Gasteiger partial charge in [-0.1, -0.05) is 29.0 Å². The molecule has 1 aliphatic heterocycles. The summed E-state index contributed by atoms with van der Waals surface area (Å²) in [5.74, 6) is -0.755. The van der Waals surface area contributed by atoms with Gasteiger partial charge in [0.05, 0.1) is 12.5 Å². The van der Waals surface area contributed by atoms with Crippen LogP contribution in [0.25, 0.3) is 0 Å². The van der Waals surface area contributed by atoms with Crippen LogP contribution in [0.15, 0.2) is 18.2 Å². The van der Waals surface area contributed by atoms with Crippen LogP contribution in [0.5, 0.6) is 0 Å².